The number of carbonyl (C=O) groups excluding carboxylic acids is 1. The molecule has 2 amide bonds. The molecule has 1 aromatic rings. The van der Waals surface area contributed by atoms with Gasteiger partial charge in [0.05, 0.1) is 17.5 Å². The summed E-state index contributed by atoms with van der Waals surface area (Å²) >= 11 is 6.11. The first kappa shape index (κ1) is 16.1. The van der Waals surface area contributed by atoms with Crippen LogP contribution in [-0.4, -0.2) is 43.4 Å². The molecule has 0 bridgehead atoms. The molecule has 1 aliphatic heterocycles. The van der Waals surface area contributed by atoms with Crippen LogP contribution in [-0.2, 0) is 9.84 Å². The molecule has 1 fully saturated rings. The summed E-state index contributed by atoms with van der Waals surface area (Å²) in [7, 11) is -3.03. The fourth-order valence-corrected chi connectivity index (χ4v) is 4.33. The van der Waals surface area contributed by atoms with Crippen molar-refractivity contribution in [3.63, 3.8) is 0 Å². The average molecular weight is 331 g/mol. The first-order valence-electron chi connectivity index (χ1n) is 6.82. The lowest BCUT2D eigenvalue weighted by molar-refractivity contribution is 0.182. The second-order valence-electron chi connectivity index (χ2n) is 5.35. The van der Waals surface area contributed by atoms with Crippen molar-refractivity contribution in [1.29, 1.82) is 0 Å². The molecule has 2 atom stereocenters. The van der Waals surface area contributed by atoms with Crippen LogP contribution in [0.5, 0.6) is 0 Å². The fourth-order valence-electron chi connectivity index (χ4n) is 2.47. The van der Waals surface area contributed by atoms with E-state index in [0.717, 1.165) is 5.56 Å². The molecule has 0 saturated carbocycles. The molecule has 1 aliphatic rings. The highest BCUT2D eigenvalue weighted by atomic mass is 35.5. The summed E-state index contributed by atoms with van der Waals surface area (Å²) in [5.74, 6) is 0.0339. The molecule has 21 heavy (non-hydrogen) atoms. The predicted molar refractivity (Wildman–Crippen MR) is 83.2 cm³/mol. The van der Waals surface area contributed by atoms with Crippen molar-refractivity contribution in [2.24, 2.45) is 0 Å². The summed E-state index contributed by atoms with van der Waals surface area (Å²) in [6, 6.07) is 6.51. The second kappa shape index (κ2) is 6.23. The number of urea groups is 1. The lowest BCUT2D eigenvalue weighted by Crippen LogP contribution is -2.53. The van der Waals surface area contributed by atoms with Crippen molar-refractivity contribution in [2.45, 2.75) is 25.9 Å². The topological polar surface area (TPSA) is 66.5 Å². The zero-order valence-corrected chi connectivity index (χ0v) is 13.6. The first-order chi connectivity index (χ1) is 9.80. The Morgan fingerprint density at radius 3 is 2.71 bits per heavy atom. The number of halogens is 1. The molecule has 0 aliphatic carbocycles. The van der Waals surface area contributed by atoms with Gasteiger partial charge >= 0.3 is 6.03 Å². The normalized spacial score (nSPS) is 22.6. The molecule has 0 aromatic heterocycles. The molecule has 7 heteroatoms. The van der Waals surface area contributed by atoms with Gasteiger partial charge < -0.3 is 10.2 Å². The molecule has 0 unspecified atom stereocenters. The molecule has 1 N–H and O–H groups in total. The van der Waals surface area contributed by atoms with Gasteiger partial charge in [0.15, 0.2) is 9.84 Å². The summed E-state index contributed by atoms with van der Waals surface area (Å²) in [6.07, 6.45) is 0. The van der Waals surface area contributed by atoms with Crippen molar-refractivity contribution in [3.8, 4) is 0 Å². The van der Waals surface area contributed by atoms with Gasteiger partial charge in [0.2, 0.25) is 0 Å². The Balaban J connectivity index is 2.03. The first-order valence-corrected chi connectivity index (χ1v) is 9.02. The number of sulfone groups is 1. The van der Waals surface area contributed by atoms with Crippen molar-refractivity contribution < 1.29 is 13.2 Å². The number of hydrogen-bond acceptors (Lipinski definition) is 3. The number of rotatable bonds is 2. The molecular formula is C14H19ClN2O3S. The number of carbonyl (C=O) groups is 1. The monoisotopic (exact) mass is 330 g/mol. The Hall–Kier alpha value is -1.27. The molecule has 2 rings (SSSR count). The van der Waals surface area contributed by atoms with Gasteiger partial charge in [-0.3, -0.25) is 0 Å². The third kappa shape index (κ3) is 3.89. The summed E-state index contributed by atoms with van der Waals surface area (Å²) in [4.78, 5) is 13.9. The van der Waals surface area contributed by atoms with Crippen LogP contribution in [0, 0.1) is 0 Å². The third-order valence-electron chi connectivity index (χ3n) is 3.64. The standard InChI is InChI=1S/C14H19ClN2O3S/c1-10-9-21(19,20)8-7-17(10)14(18)16-11(2)12-5-3-4-6-13(12)15/h3-6,10-11H,7-9H2,1-2H3,(H,16,18)/t10-,11+/m0/s1. The van der Waals surface area contributed by atoms with Crippen molar-refractivity contribution in [3.05, 3.63) is 34.9 Å². The zero-order chi connectivity index (χ0) is 15.6. The smallest absolute Gasteiger partial charge is 0.318 e. The maximum atomic E-state index is 12.3. The predicted octanol–water partition coefficient (Wildman–Crippen LogP) is 2.23. The molecular weight excluding hydrogens is 312 g/mol. The quantitative estimate of drug-likeness (QED) is 0.904. The Bertz CT molecular complexity index is 633. The number of amides is 2. The van der Waals surface area contributed by atoms with E-state index in [2.05, 4.69) is 5.32 Å². The van der Waals surface area contributed by atoms with Crippen LogP contribution >= 0.6 is 11.6 Å². The lowest BCUT2D eigenvalue weighted by Gasteiger charge is -2.34. The Kier molecular flexibility index (Phi) is 4.78. The SMILES string of the molecule is C[C@@H](NC(=O)N1CCS(=O)(=O)C[C@@H]1C)c1ccccc1Cl. The second-order valence-corrected chi connectivity index (χ2v) is 7.99. The molecule has 0 spiro atoms. The van der Waals surface area contributed by atoms with E-state index in [9.17, 15) is 13.2 Å². The van der Waals surface area contributed by atoms with Gasteiger partial charge in [-0.25, -0.2) is 13.2 Å². The van der Waals surface area contributed by atoms with Gasteiger partial charge in [0, 0.05) is 17.6 Å². The van der Waals surface area contributed by atoms with Crippen LogP contribution in [0.25, 0.3) is 0 Å². The van der Waals surface area contributed by atoms with Crippen LogP contribution in [0.3, 0.4) is 0 Å². The minimum Gasteiger partial charge on any atom is -0.331 e. The lowest BCUT2D eigenvalue weighted by atomic mass is 10.1. The number of nitrogens with one attached hydrogen (secondary N) is 1. The molecule has 116 valence electrons. The van der Waals surface area contributed by atoms with E-state index >= 15 is 0 Å². The molecule has 5 nitrogen and oxygen atoms in total. The average Bonchev–Trinajstić information content (AvgIpc) is 2.37. The van der Waals surface area contributed by atoms with E-state index in [4.69, 9.17) is 11.6 Å². The highest BCUT2D eigenvalue weighted by Crippen LogP contribution is 2.22. The fraction of sp³-hybridized carbons (Fsp3) is 0.500. The summed E-state index contributed by atoms with van der Waals surface area (Å²) in [5.41, 5.74) is 0.838. The van der Waals surface area contributed by atoms with E-state index in [1.165, 1.54) is 0 Å². The summed E-state index contributed by atoms with van der Waals surface area (Å²) < 4.78 is 23.1. The van der Waals surface area contributed by atoms with E-state index in [0.29, 0.717) is 5.02 Å². The number of benzene rings is 1. The van der Waals surface area contributed by atoms with Crippen LogP contribution < -0.4 is 5.32 Å². The van der Waals surface area contributed by atoms with Gasteiger partial charge in [0.25, 0.3) is 0 Å². The minimum absolute atomic E-state index is 0.0148. The highest BCUT2D eigenvalue weighted by molar-refractivity contribution is 7.91. The Morgan fingerprint density at radius 2 is 2.10 bits per heavy atom. The van der Waals surface area contributed by atoms with Crippen LogP contribution in [0.2, 0.25) is 5.02 Å². The van der Waals surface area contributed by atoms with E-state index < -0.39 is 9.84 Å². The van der Waals surface area contributed by atoms with Crippen LogP contribution in [0.4, 0.5) is 4.79 Å². The molecule has 1 aromatic carbocycles. The van der Waals surface area contributed by atoms with Crippen LogP contribution in [0.15, 0.2) is 24.3 Å². The number of nitrogens with zero attached hydrogens (tertiary/aromatic N) is 1. The van der Waals surface area contributed by atoms with Gasteiger partial charge in [-0.1, -0.05) is 29.8 Å². The Labute approximate surface area is 130 Å². The molecule has 1 saturated heterocycles. The number of hydrogen-bond donors (Lipinski definition) is 1. The van der Waals surface area contributed by atoms with Crippen molar-refractivity contribution >= 4 is 27.5 Å². The van der Waals surface area contributed by atoms with Gasteiger partial charge in [-0.15, -0.1) is 0 Å². The summed E-state index contributed by atoms with van der Waals surface area (Å²) in [6.45, 7) is 3.82. The molecule has 1 heterocycles. The highest BCUT2D eigenvalue weighted by Gasteiger charge is 2.31. The maximum Gasteiger partial charge on any atom is 0.318 e. The van der Waals surface area contributed by atoms with E-state index in [1.807, 2.05) is 25.1 Å². The minimum atomic E-state index is -3.03. The maximum absolute atomic E-state index is 12.3. The van der Waals surface area contributed by atoms with E-state index in [-0.39, 0.29) is 36.2 Å². The third-order valence-corrected chi connectivity index (χ3v) is 5.78. The van der Waals surface area contributed by atoms with Crippen molar-refractivity contribution in [2.75, 3.05) is 18.1 Å². The van der Waals surface area contributed by atoms with Crippen LogP contribution in [0.1, 0.15) is 25.5 Å². The van der Waals surface area contributed by atoms with E-state index in [1.54, 1.807) is 17.9 Å². The molecule has 0 radical (unpaired) electrons. The largest absolute Gasteiger partial charge is 0.331 e. The van der Waals surface area contributed by atoms with Gasteiger partial charge in [-0.05, 0) is 25.5 Å². The van der Waals surface area contributed by atoms with Crippen molar-refractivity contribution in [1.82, 2.24) is 10.2 Å². The van der Waals surface area contributed by atoms with Gasteiger partial charge in [-0.2, -0.15) is 0 Å². The summed E-state index contributed by atoms with van der Waals surface area (Å²) in [5, 5.41) is 3.47. The zero-order valence-electron chi connectivity index (χ0n) is 12.0. The van der Waals surface area contributed by atoms with Gasteiger partial charge in [0.1, 0.15) is 0 Å². The Morgan fingerprint density at radius 1 is 1.43 bits per heavy atom.